The average Bonchev–Trinajstić information content (AvgIpc) is 1.59. The predicted molar refractivity (Wildman–Crippen MR) is 44.9 cm³/mol. The summed E-state index contributed by atoms with van der Waals surface area (Å²) >= 11 is 0. The zero-order valence-electron chi connectivity index (χ0n) is 7.61. The zero-order chi connectivity index (χ0) is 8.20. The van der Waals surface area contributed by atoms with Crippen molar-refractivity contribution in [2.24, 2.45) is 0 Å². The fraction of sp³-hybridized carbons (Fsp3) is 0.889. The van der Waals surface area contributed by atoms with Gasteiger partial charge in [0.25, 0.3) is 0 Å². The molecule has 0 aromatic rings. The Balaban J connectivity index is 3.63. The second-order valence-corrected chi connectivity index (χ2v) is 3.53. The van der Waals surface area contributed by atoms with Gasteiger partial charge in [0.15, 0.2) is 0 Å². The van der Waals surface area contributed by atoms with Crippen molar-refractivity contribution >= 4 is 0 Å². The molecule has 61 valence electrons. The average molecular weight is 143 g/mol. The lowest BCUT2D eigenvalue weighted by Gasteiger charge is -2.27. The van der Waals surface area contributed by atoms with Crippen molar-refractivity contribution in [2.45, 2.75) is 52.2 Å². The van der Waals surface area contributed by atoms with Crippen molar-refractivity contribution in [1.82, 2.24) is 0 Å². The monoisotopic (exact) mass is 143 g/mol. The van der Waals surface area contributed by atoms with E-state index in [0.29, 0.717) is 6.10 Å². The van der Waals surface area contributed by atoms with Crippen molar-refractivity contribution < 1.29 is 4.74 Å². The molecule has 0 N–H and O–H groups in total. The molecule has 10 heavy (non-hydrogen) atoms. The van der Waals surface area contributed by atoms with Gasteiger partial charge in [-0.2, -0.15) is 0 Å². The summed E-state index contributed by atoms with van der Waals surface area (Å²) < 4.78 is 5.64. The molecule has 0 aliphatic rings. The highest BCUT2D eigenvalue weighted by Crippen LogP contribution is 2.17. The van der Waals surface area contributed by atoms with E-state index in [1.54, 1.807) is 0 Å². The summed E-state index contributed by atoms with van der Waals surface area (Å²) in [6, 6.07) is 0. The molecule has 0 saturated carbocycles. The molecule has 1 heteroatoms. The Kier molecular flexibility index (Phi) is 3.95. The molecule has 0 fully saturated rings. The Hall–Kier alpha value is -0.0400. The van der Waals surface area contributed by atoms with E-state index >= 15 is 0 Å². The molecule has 0 rings (SSSR count). The van der Waals surface area contributed by atoms with Gasteiger partial charge in [-0.1, -0.05) is 13.3 Å². The second kappa shape index (κ2) is 3.97. The molecule has 1 nitrogen and oxygen atoms in total. The van der Waals surface area contributed by atoms with Crippen LogP contribution in [0.25, 0.3) is 0 Å². The van der Waals surface area contributed by atoms with Gasteiger partial charge in [-0.3, -0.25) is 0 Å². The molecule has 0 atom stereocenters. The summed E-state index contributed by atoms with van der Waals surface area (Å²) in [5.41, 5.74) is 0.00984. The molecule has 0 amide bonds. The summed E-state index contributed by atoms with van der Waals surface area (Å²) in [5, 5.41) is 0. The minimum atomic E-state index is 0.00984. The molecule has 0 saturated heterocycles. The first-order valence-corrected chi connectivity index (χ1v) is 3.95. The molecule has 1 radical (unpaired) electrons. The third kappa shape index (κ3) is 4.80. The Morgan fingerprint density at radius 2 is 1.90 bits per heavy atom. The van der Waals surface area contributed by atoms with E-state index in [4.69, 9.17) is 4.74 Å². The Labute approximate surface area is 64.8 Å². The lowest BCUT2D eigenvalue weighted by Crippen LogP contribution is -2.27. The molecule has 0 unspecified atom stereocenters. The lowest BCUT2D eigenvalue weighted by atomic mass is 10.0. The van der Waals surface area contributed by atoms with Gasteiger partial charge >= 0.3 is 0 Å². The molecule has 0 aromatic heterocycles. The van der Waals surface area contributed by atoms with Gasteiger partial charge in [0.1, 0.15) is 0 Å². The van der Waals surface area contributed by atoms with Crippen molar-refractivity contribution in [3.05, 3.63) is 6.92 Å². The van der Waals surface area contributed by atoms with E-state index in [9.17, 15) is 0 Å². The van der Waals surface area contributed by atoms with Crippen LogP contribution in [0.1, 0.15) is 40.5 Å². The van der Waals surface area contributed by atoms with Gasteiger partial charge in [0, 0.05) is 0 Å². The largest absolute Gasteiger partial charge is 0.373 e. The van der Waals surface area contributed by atoms with E-state index < -0.39 is 0 Å². The molecule has 0 spiro atoms. The summed E-state index contributed by atoms with van der Waals surface area (Å²) in [4.78, 5) is 0. The Morgan fingerprint density at radius 1 is 1.40 bits per heavy atom. The van der Waals surface area contributed by atoms with Crippen LogP contribution < -0.4 is 0 Å². The molecule has 0 aliphatic heterocycles. The molecular weight excluding hydrogens is 124 g/mol. The van der Waals surface area contributed by atoms with E-state index in [1.807, 2.05) is 0 Å². The summed E-state index contributed by atoms with van der Waals surface area (Å²) in [6.45, 7) is 12.1. The van der Waals surface area contributed by atoms with E-state index in [0.717, 1.165) is 12.8 Å². The van der Waals surface area contributed by atoms with Gasteiger partial charge in [-0.25, -0.2) is 0 Å². The maximum atomic E-state index is 5.64. The number of hydrogen-bond donors (Lipinski definition) is 0. The lowest BCUT2D eigenvalue weighted by molar-refractivity contribution is -0.0597. The van der Waals surface area contributed by atoms with Crippen LogP contribution >= 0.6 is 0 Å². The Morgan fingerprint density at radius 3 is 2.20 bits per heavy atom. The third-order valence-electron chi connectivity index (χ3n) is 1.33. The molecular formula is C9H19O. The van der Waals surface area contributed by atoms with Crippen LogP contribution in [0.5, 0.6) is 0 Å². The molecule has 0 heterocycles. The topological polar surface area (TPSA) is 9.23 Å². The van der Waals surface area contributed by atoms with Crippen molar-refractivity contribution in [1.29, 1.82) is 0 Å². The molecule has 0 aliphatic carbocycles. The number of hydrogen-bond acceptors (Lipinski definition) is 1. The summed E-state index contributed by atoms with van der Waals surface area (Å²) in [5.74, 6) is 0. The van der Waals surface area contributed by atoms with E-state index in [1.165, 1.54) is 0 Å². The van der Waals surface area contributed by atoms with Crippen LogP contribution in [0.2, 0.25) is 0 Å². The van der Waals surface area contributed by atoms with Crippen LogP contribution in [-0.4, -0.2) is 11.7 Å². The predicted octanol–water partition coefficient (Wildman–Crippen LogP) is 2.80. The highest BCUT2D eigenvalue weighted by atomic mass is 16.5. The van der Waals surface area contributed by atoms with Crippen LogP contribution in [-0.2, 0) is 4.74 Å². The number of ether oxygens (including phenoxy) is 1. The first-order chi connectivity index (χ1) is 4.48. The van der Waals surface area contributed by atoms with Gasteiger partial charge in [-0.05, 0) is 34.1 Å². The number of rotatable bonds is 4. The van der Waals surface area contributed by atoms with Gasteiger partial charge in [0.05, 0.1) is 11.7 Å². The maximum absolute atomic E-state index is 5.64. The van der Waals surface area contributed by atoms with Gasteiger partial charge < -0.3 is 4.74 Å². The highest BCUT2D eigenvalue weighted by Gasteiger charge is 2.17. The van der Waals surface area contributed by atoms with Crippen molar-refractivity contribution in [3.8, 4) is 0 Å². The van der Waals surface area contributed by atoms with E-state index in [2.05, 4.69) is 34.6 Å². The molecule has 0 aromatic carbocycles. The smallest absolute Gasteiger partial charge is 0.0630 e. The van der Waals surface area contributed by atoms with Crippen molar-refractivity contribution in [2.75, 3.05) is 0 Å². The SMILES string of the molecule is [CH2]CCC(C)(C)OC(C)C. The van der Waals surface area contributed by atoms with E-state index in [-0.39, 0.29) is 5.60 Å². The quantitative estimate of drug-likeness (QED) is 0.588. The minimum Gasteiger partial charge on any atom is -0.373 e. The zero-order valence-corrected chi connectivity index (χ0v) is 7.61. The van der Waals surface area contributed by atoms with Gasteiger partial charge in [-0.15, -0.1) is 0 Å². The molecule has 0 bridgehead atoms. The normalized spacial score (nSPS) is 12.6. The van der Waals surface area contributed by atoms with Crippen molar-refractivity contribution in [3.63, 3.8) is 0 Å². The maximum Gasteiger partial charge on any atom is 0.0630 e. The minimum absolute atomic E-state index is 0.00984. The second-order valence-electron chi connectivity index (χ2n) is 3.53. The summed E-state index contributed by atoms with van der Waals surface area (Å²) in [7, 11) is 0. The first-order valence-electron chi connectivity index (χ1n) is 3.95. The van der Waals surface area contributed by atoms with Crippen LogP contribution in [0.3, 0.4) is 0 Å². The van der Waals surface area contributed by atoms with Gasteiger partial charge in [0.2, 0.25) is 0 Å². The summed E-state index contributed by atoms with van der Waals surface area (Å²) in [6.07, 6.45) is 2.30. The third-order valence-corrected chi connectivity index (χ3v) is 1.33. The first kappa shape index (κ1) is 9.96. The van der Waals surface area contributed by atoms with Crippen LogP contribution in [0, 0.1) is 6.92 Å². The van der Waals surface area contributed by atoms with Crippen LogP contribution in [0.4, 0.5) is 0 Å². The Bertz CT molecular complexity index is 84.7. The fourth-order valence-electron chi connectivity index (χ4n) is 1.12. The van der Waals surface area contributed by atoms with Crippen LogP contribution in [0.15, 0.2) is 0 Å². The standard InChI is InChI=1S/C9H19O/c1-6-7-9(4,5)10-8(2)3/h8H,1,6-7H2,2-5H3. The fourth-order valence-corrected chi connectivity index (χ4v) is 1.12. The highest BCUT2D eigenvalue weighted by molar-refractivity contribution is 4.69.